The summed E-state index contributed by atoms with van der Waals surface area (Å²) in [4.78, 5) is 0.0673. The summed E-state index contributed by atoms with van der Waals surface area (Å²) < 4.78 is 13.4. The first-order valence-electron chi connectivity index (χ1n) is 6.55. The standard InChI is InChI=1S/C16H13Br3O2/c1-9-2-3-10(12(17)6-9)16(19)11-7-14-15(8-13(11)18)21-5-4-20-14/h2-3,6-8,16H,4-5H2,1H3. The van der Waals surface area contributed by atoms with E-state index in [1.807, 2.05) is 12.1 Å². The van der Waals surface area contributed by atoms with E-state index in [2.05, 4.69) is 72.9 Å². The maximum atomic E-state index is 5.68. The zero-order valence-corrected chi connectivity index (χ0v) is 16.1. The van der Waals surface area contributed by atoms with Gasteiger partial charge in [0.1, 0.15) is 13.2 Å². The first-order valence-corrected chi connectivity index (χ1v) is 9.05. The Balaban J connectivity index is 2.03. The number of fused-ring (bicyclic) bond motifs is 1. The van der Waals surface area contributed by atoms with E-state index in [9.17, 15) is 0 Å². The molecule has 1 unspecified atom stereocenters. The maximum Gasteiger partial charge on any atom is 0.162 e. The summed E-state index contributed by atoms with van der Waals surface area (Å²) in [6, 6.07) is 10.4. The molecule has 21 heavy (non-hydrogen) atoms. The van der Waals surface area contributed by atoms with E-state index in [1.54, 1.807) is 0 Å². The van der Waals surface area contributed by atoms with Gasteiger partial charge in [0.05, 0.1) is 4.83 Å². The van der Waals surface area contributed by atoms with Crippen molar-refractivity contribution < 1.29 is 9.47 Å². The fourth-order valence-corrected chi connectivity index (χ4v) is 4.95. The molecule has 0 N–H and O–H groups in total. The molecule has 0 bridgehead atoms. The summed E-state index contributed by atoms with van der Waals surface area (Å²) in [6.45, 7) is 3.27. The van der Waals surface area contributed by atoms with Gasteiger partial charge in [0.2, 0.25) is 0 Å². The van der Waals surface area contributed by atoms with Gasteiger partial charge in [-0.05, 0) is 41.8 Å². The average Bonchev–Trinajstić information content (AvgIpc) is 2.46. The van der Waals surface area contributed by atoms with Crippen LogP contribution in [0.15, 0.2) is 39.3 Å². The van der Waals surface area contributed by atoms with Gasteiger partial charge >= 0.3 is 0 Å². The van der Waals surface area contributed by atoms with Gasteiger partial charge in [0.25, 0.3) is 0 Å². The van der Waals surface area contributed by atoms with Crippen LogP contribution in [0.3, 0.4) is 0 Å². The molecule has 2 aromatic carbocycles. The minimum absolute atomic E-state index is 0.0673. The first-order chi connectivity index (χ1) is 10.1. The summed E-state index contributed by atoms with van der Waals surface area (Å²) in [5, 5.41) is 0. The molecule has 0 fully saturated rings. The van der Waals surface area contributed by atoms with Crippen molar-refractivity contribution in [1.82, 2.24) is 0 Å². The van der Waals surface area contributed by atoms with E-state index in [1.165, 1.54) is 11.1 Å². The molecule has 2 aromatic rings. The Morgan fingerprint density at radius 1 is 0.905 bits per heavy atom. The van der Waals surface area contributed by atoms with Crippen molar-refractivity contribution in [2.24, 2.45) is 0 Å². The fraction of sp³-hybridized carbons (Fsp3) is 0.250. The Labute approximate surface area is 149 Å². The van der Waals surface area contributed by atoms with Crippen LogP contribution in [0.1, 0.15) is 21.5 Å². The molecular weight excluding hydrogens is 464 g/mol. The molecule has 1 aliphatic rings. The molecule has 2 nitrogen and oxygen atoms in total. The Kier molecular flexibility index (Phi) is 4.62. The van der Waals surface area contributed by atoms with E-state index in [4.69, 9.17) is 9.47 Å². The number of aryl methyl sites for hydroxylation is 1. The largest absolute Gasteiger partial charge is 0.486 e. The number of alkyl halides is 1. The number of halogens is 3. The van der Waals surface area contributed by atoms with Crippen LogP contribution < -0.4 is 9.47 Å². The molecule has 0 saturated heterocycles. The summed E-state index contributed by atoms with van der Waals surface area (Å²) in [6.07, 6.45) is 0. The zero-order chi connectivity index (χ0) is 15.0. The van der Waals surface area contributed by atoms with Gasteiger partial charge < -0.3 is 9.47 Å². The molecule has 1 aliphatic heterocycles. The molecule has 0 radical (unpaired) electrons. The molecule has 1 atom stereocenters. The molecular formula is C16H13Br3O2. The molecule has 3 rings (SSSR count). The molecule has 5 heteroatoms. The van der Waals surface area contributed by atoms with Crippen molar-refractivity contribution >= 4 is 47.8 Å². The molecule has 0 aromatic heterocycles. The molecule has 110 valence electrons. The lowest BCUT2D eigenvalue weighted by atomic mass is 10.0. The number of benzene rings is 2. The van der Waals surface area contributed by atoms with Crippen LogP contribution >= 0.6 is 47.8 Å². The quantitative estimate of drug-likeness (QED) is 0.512. The average molecular weight is 477 g/mol. The van der Waals surface area contributed by atoms with Crippen molar-refractivity contribution in [2.45, 2.75) is 11.8 Å². The molecule has 0 aliphatic carbocycles. The van der Waals surface area contributed by atoms with Crippen molar-refractivity contribution in [3.63, 3.8) is 0 Å². The van der Waals surface area contributed by atoms with Gasteiger partial charge in [-0.2, -0.15) is 0 Å². The van der Waals surface area contributed by atoms with Crippen LogP contribution in [-0.4, -0.2) is 13.2 Å². The molecule has 0 saturated carbocycles. The van der Waals surface area contributed by atoms with Crippen LogP contribution in [0.4, 0.5) is 0 Å². The molecule has 0 amide bonds. The Hall–Kier alpha value is -0.520. The summed E-state index contributed by atoms with van der Waals surface area (Å²) in [5.74, 6) is 1.59. The Morgan fingerprint density at radius 2 is 1.52 bits per heavy atom. The first kappa shape index (κ1) is 15.4. The number of hydrogen-bond donors (Lipinski definition) is 0. The highest BCUT2D eigenvalue weighted by Gasteiger charge is 2.21. The zero-order valence-electron chi connectivity index (χ0n) is 11.3. The third-order valence-electron chi connectivity index (χ3n) is 3.36. The smallest absolute Gasteiger partial charge is 0.162 e. The third-order valence-corrected chi connectivity index (χ3v) is 5.72. The maximum absolute atomic E-state index is 5.68. The van der Waals surface area contributed by atoms with Crippen molar-refractivity contribution in [3.8, 4) is 11.5 Å². The normalized spacial score (nSPS) is 14.9. The van der Waals surface area contributed by atoms with Crippen LogP contribution in [-0.2, 0) is 0 Å². The minimum atomic E-state index is 0.0673. The Bertz CT molecular complexity index is 685. The topological polar surface area (TPSA) is 18.5 Å². The Morgan fingerprint density at radius 3 is 2.19 bits per heavy atom. The predicted octanol–water partition coefficient (Wildman–Crippen LogP) is 5.78. The van der Waals surface area contributed by atoms with Gasteiger partial charge in [-0.25, -0.2) is 0 Å². The van der Waals surface area contributed by atoms with Crippen molar-refractivity contribution in [3.05, 3.63) is 56.0 Å². The second kappa shape index (κ2) is 6.31. The van der Waals surface area contributed by atoms with Crippen LogP contribution in [0, 0.1) is 6.92 Å². The van der Waals surface area contributed by atoms with Gasteiger partial charge in [0, 0.05) is 8.95 Å². The SMILES string of the molecule is Cc1ccc(C(Br)c2cc3c(cc2Br)OCCO3)c(Br)c1. The lowest BCUT2D eigenvalue weighted by Gasteiger charge is -2.22. The summed E-state index contributed by atoms with van der Waals surface area (Å²) in [7, 11) is 0. The number of rotatable bonds is 2. The van der Waals surface area contributed by atoms with Crippen molar-refractivity contribution in [1.29, 1.82) is 0 Å². The second-order valence-corrected chi connectivity index (χ2v) is 7.53. The van der Waals surface area contributed by atoms with Gasteiger partial charge in [-0.15, -0.1) is 0 Å². The predicted molar refractivity (Wildman–Crippen MR) is 94.8 cm³/mol. The van der Waals surface area contributed by atoms with Crippen LogP contribution in [0.2, 0.25) is 0 Å². The highest BCUT2D eigenvalue weighted by Crippen LogP contribution is 2.44. The summed E-state index contributed by atoms with van der Waals surface area (Å²) in [5.41, 5.74) is 3.52. The van der Waals surface area contributed by atoms with E-state index < -0.39 is 0 Å². The van der Waals surface area contributed by atoms with Crippen molar-refractivity contribution in [2.75, 3.05) is 13.2 Å². The van der Waals surface area contributed by atoms with E-state index >= 15 is 0 Å². The number of ether oxygens (including phenoxy) is 2. The van der Waals surface area contributed by atoms with E-state index in [-0.39, 0.29) is 4.83 Å². The third kappa shape index (κ3) is 3.15. The lowest BCUT2D eigenvalue weighted by molar-refractivity contribution is 0.171. The summed E-state index contributed by atoms with van der Waals surface area (Å²) >= 11 is 11.1. The van der Waals surface area contributed by atoms with E-state index in [0.29, 0.717) is 13.2 Å². The number of hydrogen-bond acceptors (Lipinski definition) is 2. The van der Waals surface area contributed by atoms with Gasteiger partial charge in [0.15, 0.2) is 11.5 Å². The highest BCUT2D eigenvalue weighted by atomic mass is 79.9. The van der Waals surface area contributed by atoms with Crippen LogP contribution in [0.25, 0.3) is 0 Å². The second-order valence-electron chi connectivity index (χ2n) is 4.90. The molecule has 0 spiro atoms. The minimum Gasteiger partial charge on any atom is -0.486 e. The molecule has 1 heterocycles. The fourth-order valence-electron chi connectivity index (χ4n) is 2.28. The monoisotopic (exact) mass is 474 g/mol. The van der Waals surface area contributed by atoms with Gasteiger partial charge in [-0.3, -0.25) is 0 Å². The highest BCUT2D eigenvalue weighted by molar-refractivity contribution is 9.11. The van der Waals surface area contributed by atoms with Crippen LogP contribution in [0.5, 0.6) is 11.5 Å². The lowest BCUT2D eigenvalue weighted by Crippen LogP contribution is -2.15. The van der Waals surface area contributed by atoms with Gasteiger partial charge in [-0.1, -0.05) is 59.9 Å². The van der Waals surface area contributed by atoms with E-state index in [0.717, 1.165) is 26.0 Å².